The highest BCUT2D eigenvalue weighted by Gasteiger charge is 2.03. The molecule has 0 aliphatic heterocycles. The zero-order valence-corrected chi connectivity index (χ0v) is 11.3. The first-order chi connectivity index (χ1) is 9.19. The maximum absolute atomic E-state index is 5.57. The van der Waals surface area contributed by atoms with E-state index in [2.05, 4.69) is 29.0 Å². The van der Waals surface area contributed by atoms with Crippen LogP contribution in [0.1, 0.15) is 31.0 Å². The molecule has 0 aliphatic carbocycles. The molecule has 0 N–H and O–H groups in total. The predicted molar refractivity (Wildman–Crippen MR) is 71.2 cm³/mol. The van der Waals surface area contributed by atoms with E-state index in [1.165, 1.54) is 0 Å². The third kappa shape index (κ3) is 3.64. The molecule has 0 radical (unpaired) electrons. The molecule has 0 aromatic carbocycles. The first-order valence-electron chi connectivity index (χ1n) is 6.14. The molecular weight excluding hydrogens is 242 g/mol. The van der Waals surface area contributed by atoms with Crippen molar-refractivity contribution >= 4 is 0 Å². The number of methoxy groups -OCH3 is 1. The van der Waals surface area contributed by atoms with E-state index >= 15 is 0 Å². The zero-order valence-electron chi connectivity index (χ0n) is 11.3. The number of aromatic nitrogens is 3. The Morgan fingerprint density at radius 1 is 1.11 bits per heavy atom. The molecule has 0 saturated heterocycles. The van der Waals surface area contributed by atoms with Gasteiger partial charge in [-0.15, -0.1) is 5.10 Å². The summed E-state index contributed by atoms with van der Waals surface area (Å²) < 4.78 is 10.6. The van der Waals surface area contributed by atoms with Gasteiger partial charge < -0.3 is 9.47 Å². The number of pyridine rings is 1. The van der Waals surface area contributed by atoms with Crippen LogP contribution in [-0.4, -0.2) is 22.3 Å². The third-order valence-corrected chi connectivity index (χ3v) is 2.65. The molecule has 0 unspecified atom stereocenters. The van der Waals surface area contributed by atoms with E-state index in [1.54, 1.807) is 13.3 Å². The second kappa shape index (κ2) is 6.13. The van der Waals surface area contributed by atoms with Gasteiger partial charge in [-0.1, -0.05) is 13.8 Å². The van der Waals surface area contributed by atoms with Gasteiger partial charge in [0.1, 0.15) is 6.61 Å². The van der Waals surface area contributed by atoms with Gasteiger partial charge in [-0.3, -0.25) is 0 Å². The van der Waals surface area contributed by atoms with E-state index in [-0.39, 0.29) is 0 Å². The smallest absolute Gasteiger partial charge is 0.233 e. The van der Waals surface area contributed by atoms with E-state index in [0.29, 0.717) is 24.3 Å². The maximum atomic E-state index is 5.57. The Labute approximate surface area is 112 Å². The van der Waals surface area contributed by atoms with Gasteiger partial charge >= 0.3 is 0 Å². The Morgan fingerprint density at radius 3 is 2.58 bits per heavy atom. The van der Waals surface area contributed by atoms with Crippen LogP contribution in [0, 0.1) is 0 Å². The minimum atomic E-state index is 0.367. The van der Waals surface area contributed by atoms with Crippen molar-refractivity contribution in [3.8, 4) is 11.8 Å². The molecule has 0 bridgehead atoms. The van der Waals surface area contributed by atoms with Crippen LogP contribution in [0.15, 0.2) is 30.5 Å². The van der Waals surface area contributed by atoms with Crippen LogP contribution >= 0.6 is 0 Å². The summed E-state index contributed by atoms with van der Waals surface area (Å²) >= 11 is 0. The summed E-state index contributed by atoms with van der Waals surface area (Å²) in [4.78, 5) is 4.04. The van der Waals surface area contributed by atoms with Gasteiger partial charge in [0.05, 0.1) is 12.8 Å². The number of rotatable bonds is 5. The molecule has 2 heterocycles. The van der Waals surface area contributed by atoms with E-state index in [4.69, 9.17) is 9.47 Å². The van der Waals surface area contributed by atoms with Crippen molar-refractivity contribution in [1.82, 2.24) is 15.2 Å². The first kappa shape index (κ1) is 13.3. The number of nitrogens with zero attached hydrogens (tertiary/aromatic N) is 3. The third-order valence-electron chi connectivity index (χ3n) is 2.65. The summed E-state index contributed by atoms with van der Waals surface area (Å²) in [5.41, 5.74) is 1.93. The standard InChI is InChI=1S/C14H17N3O2/c1-10(2)12-4-5-13(17-16-12)19-9-11-6-7-15-14(8-11)18-3/h4-8,10H,9H2,1-3H3. The summed E-state index contributed by atoms with van der Waals surface area (Å²) in [5.74, 6) is 1.45. The number of ether oxygens (including phenoxy) is 2. The summed E-state index contributed by atoms with van der Waals surface area (Å²) in [5, 5.41) is 8.15. The van der Waals surface area contributed by atoms with Gasteiger partial charge in [0.2, 0.25) is 11.8 Å². The molecule has 0 amide bonds. The Bertz CT molecular complexity index is 526. The lowest BCUT2D eigenvalue weighted by atomic mass is 10.1. The molecule has 19 heavy (non-hydrogen) atoms. The van der Waals surface area contributed by atoms with E-state index in [1.807, 2.05) is 24.3 Å². The normalized spacial score (nSPS) is 10.5. The van der Waals surface area contributed by atoms with Crippen LogP contribution in [0.25, 0.3) is 0 Å². The molecule has 2 rings (SSSR count). The van der Waals surface area contributed by atoms with Gasteiger partial charge in [0, 0.05) is 18.3 Å². The van der Waals surface area contributed by atoms with Crippen molar-refractivity contribution in [2.75, 3.05) is 7.11 Å². The first-order valence-corrected chi connectivity index (χ1v) is 6.14. The number of hydrogen-bond acceptors (Lipinski definition) is 5. The highest BCUT2D eigenvalue weighted by atomic mass is 16.5. The quantitative estimate of drug-likeness (QED) is 0.826. The SMILES string of the molecule is COc1cc(COc2ccc(C(C)C)nn2)ccn1. The van der Waals surface area contributed by atoms with Crippen LogP contribution in [0.3, 0.4) is 0 Å². The fourth-order valence-electron chi connectivity index (χ4n) is 1.52. The lowest BCUT2D eigenvalue weighted by Crippen LogP contribution is -2.01. The van der Waals surface area contributed by atoms with Gasteiger partial charge in [-0.25, -0.2) is 4.98 Å². The molecule has 5 heteroatoms. The van der Waals surface area contributed by atoms with Crippen LogP contribution in [0.2, 0.25) is 0 Å². The van der Waals surface area contributed by atoms with E-state index in [9.17, 15) is 0 Å². The Morgan fingerprint density at radius 2 is 1.95 bits per heavy atom. The molecule has 2 aromatic rings. The largest absolute Gasteiger partial charge is 0.481 e. The minimum absolute atomic E-state index is 0.367. The fraction of sp³-hybridized carbons (Fsp3) is 0.357. The van der Waals surface area contributed by atoms with E-state index in [0.717, 1.165) is 11.3 Å². The topological polar surface area (TPSA) is 57.1 Å². The highest BCUT2D eigenvalue weighted by Crippen LogP contribution is 2.15. The monoisotopic (exact) mass is 259 g/mol. The van der Waals surface area contributed by atoms with Crippen molar-refractivity contribution in [3.05, 3.63) is 41.7 Å². The Kier molecular flexibility index (Phi) is 4.28. The predicted octanol–water partition coefficient (Wildman–Crippen LogP) is 2.58. The molecule has 0 spiro atoms. The minimum Gasteiger partial charge on any atom is -0.481 e. The molecule has 100 valence electrons. The molecule has 0 atom stereocenters. The van der Waals surface area contributed by atoms with Crippen molar-refractivity contribution < 1.29 is 9.47 Å². The molecular formula is C14H17N3O2. The van der Waals surface area contributed by atoms with Gasteiger partial charge in [0.15, 0.2) is 0 Å². The van der Waals surface area contributed by atoms with Crippen LogP contribution in [0.5, 0.6) is 11.8 Å². The maximum Gasteiger partial charge on any atom is 0.233 e. The molecule has 5 nitrogen and oxygen atoms in total. The lowest BCUT2D eigenvalue weighted by Gasteiger charge is -2.07. The molecule has 2 aromatic heterocycles. The lowest BCUT2D eigenvalue weighted by molar-refractivity contribution is 0.288. The second-order valence-electron chi connectivity index (χ2n) is 4.45. The molecule has 0 aliphatic rings. The summed E-state index contributed by atoms with van der Waals surface area (Å²) in [6.07, 6.45) is 1.69. The average Bonchev–Trinajstić information content (AvgIpc) is 2.46. The summed E-state index contributed by atoms with van der Waals surface area (Å²) in [6, 6.07) is 7.47. The van der Waals surface area contributed by atoms with Crippen LogP contribution in [0.4, 0.5) is 0 Å². The average molecular weight is 259 g/mol. The Hall–Kier alpha value is -2.17. The summed E-state index contributed by atoms with van der Waals surface area (Å²) in [6.45, 7) is 4.57. The van der Waals surface area contributed by atoms with Crippen molar-refractivity contribution in [2.24, 2.45) is 0 Å². The van der Waals surface area contributed by atoms with Crippen molar-refractivity contribution in [1.29, 1.82) is 0 Å². The summed E-state index contributed by atoms with van der Waals surface area (Å²) in [7, 11) is 1.59. The van der Waals surface area contributed by atoms with Gasteiger partial charge in [0.25, 0.3) is 0 Å². The Balaban J connectivity index is 1.98. The molecule has 0 saturated carbocycles. The van der Waals surface area contributed by atoms with Gasteiger partial charge in [-0.2, -0.15) is 5.10 Å². The second-order valence-corrected chi connectivity index (χ2v) is 4.45. The molecule has 0 fully saturated rings. The van der Waals surface area contributed by atoms with Crippen molar-refractivity contribution in [3.63, 3.8) is 0 Å². The zero-order chi connectivity index (χ0) is 13.7. The van der Waals surface area contributed by atoms with Crippen LogP contribution in [-0.2, 0) is 6.61 Å². The van der Waals surface area contributed by atoms with E-state index < -0.39 is 0 Å². The number of hydrogen-bond donors (Lipinski definition) is 0. The van der Waals surface area contributed by atoms with Crippen LogP contribution < -0.4 is 9.47 Å². The van der Waals surface area contributed by atoms with Crippen molar-refractivity contribution in [2.45, 2.75) is 26.4 Å². The van der Waals surface area contributed by atoms with Gasteiger partial charge in [-0.05, 0) is 23.6 Å². The fourth-order valence-corrected chi connectivity index (χ4v) is 1.52. The highest BCUT2D eigenvalue weighted by molar-refractivity contribution is 5.20.